The van der Waals surface area contributed by atoms with E-state index in [4.69, 9.17) is 15.0 Å². The fourth-order valence-corrected chi connectivity index (χ4v) is 2.85. The van der Waals surface area contributed by atoms with Crippen molar-refractivity contribution < 1.29 is 15.0 Å². The molecule has 0 spiro atoms. The molecule has 0 bridgehead atoms. The third-order valence-electron chi connectivity index (χ3n) is 0.870. The van der Waals surface area contributed by atoms with Gasteiger partial charge in [0.15, 0.2) is 6.29 Å². The lowest BCUT2D eigenvalue weighted by molar-refractivity contribution is -0.0412. The van der Waals surface area contributed by atoms with Gasteiger partial charge in [0.1, 0.15) is 9.28 Å². The van der Waals surface area contributed by atoms with Crippen LogP contribution in [0.15, 0.2) is 0 Å². The minimum atomic E-state index is -1.15. The van der Waals surface area contributed by atoms with Crippen LogP contribution in [0.2, 0.25) is 6.04 Å². The van der Waals surface area contributed by atoms with E-state index in [2.05, 4.69) is 0 Å². The largest absolute Gasteiger partial charge is 0.442 e. The third kappa shape index (κ3) is 6.31. The summed E-state index contributed by atoms with van der Waals surface area (Å²) in [4.78, 5) is 8.42. The van der Waals surface area contributed by atoms with Gasteiger partial charge in [-0.1, -0.05) is 6.04 Å². The first-order valence-corrected chi connectivity index (χ1v) is 8.37. The Labute approximate surface area is 52.9 Å². The lowest BCUT2D eigenvalue weighted by atomic mass is 10.5. The molecule has 0 aliphatic rings. The van der Waals surface area contributed by atoms with Crippen LogP contribution in [0.1, 0.15) is 6.42 Å². The average Bonchev–Trinajstić information content (AvgIpc) is 1.66. The van der Waals surface area contributed by atoms with E-state index in [1.54, 1.807) is 0 Å². The summed E-state index contributed by atoms with van der Waals surface area (Å²) >= 11 is 0. The zero-order valence-electron chi connectivity index (χ0n) is 4.75. The normalized spacial score (nSPS) is 13.5. The molecule has 8 heavy (non-hydrogen) atoms. The average molecular weight is 152 g/mol. The van der Waals surface area contributed by atoms with Gasteiger partial charge in [-0.25, -0.2) is 0 Å². The standard InChI is InChI=1S/C3H12O3Si2/c4-3(5)1-2-7-8-6/h3-6H,1-2,7-8H2. The van der Waals surface area contributed by atoms with Gasteiger partial charge in [0.25, 0.3) is 0 Å². The van der Waals surface area contributed by atoms with Crippen LogP contribution in [0.5, 0.6) is 0 Å². The van der Waals surface area contributed by atoms with E-state index in [1.165, 1.54) is 0 Å². The van der Waals surface area contributed by atoms with Gasteiger partial charge in [-0.15, -0.1) is 0 Å². The Kier molecular flexibility index (Phi) is 5.66. The Balaban J connectivity index is 2.72. The van der Waals surface area contributed by atoms with Crippen molar-refractivity contribution in [2.45, 2.75) is 18.8 Å². The van der Waals surface area contributed by atoms with E-state index in [0.717, 1.165) is 6.04 Å². The van der Waals surface area contributed by atoms with Crippen molar-refractivity contribution in [3.05, 3.63) is 0 Å². The summed E-state index contributed by atoms with van der Waals surface area (Å²) < 4.78 is 0. The van der Waals surface area contributed by atoms with E-state index in [1.807, 2.05) is 0 Å². The predicted octanol–water partition coefficient (Wildman–Crippen LogP) is -2.73. The van der Waals surface area contributed by atoms with Gasteiger partial charge in [0.05, 0.1) is 0 Å². The molecule has 0 aromatic carbocycles. The minimum Gasteiger partial charge on any atom is -0.442 e. The van der Waals surface area contributed by atoms with Crippen molar-refractivity contribution in [3.63, 3.8) is 0 Å². The van der Waals surface area contributed by atoms with Crippen LogP contribution in [0.4, 0.5) is 0 Å². The Bertz CT molecular complexity index is 49.8. The molecule has 0 atom stereocenters. The molecule has 5 heteroatoms. The number of hydrogen-bond acceptors (Lipinski definition) is 3. The smallest absolute Gasteiger partial charge is 0.151 e. The van der Waals surface area contributed by atoms with Gasteiger partial charge in [-0.2, -0.15) is 0 Å². The Morgan fingerprint density at radius 1 is 1.38 bits per heavy atom. The number of aliphatic hydroxyl groups is 2. The first-order valence-electron chi connectivity index (χ1n) is 2.74. The van der Waals surface area contributed by atoms with Gasteiger partial charge in [0, 0.05) is 9.04 Å². The first kappa shape index (κ1) is 8.31. The maximum Gasteiger partial charge on any atom is 0.151 e. The van der Waals surface area contributed by atoms with Crippen molar-refractivity contribution in [3.8, 4) is 0 Å². The second kappa shape index (κ2) is 5.45. The highest BCUT2D eigenvalue weighted by Gasteiger charge is 1.95. The van der Waals surface area contributed by atoms with E-state index < -0.39 is 15.6 Å². The first-order chi connectivity index (χ1) is 3.77. The summed E-state index contributed by atoms with van der Waals surface area (Å²) in [5, 5.41) is 16.6. The van der Waals surface area contributed by atoms with E-state index in [-0.39, 0.29) is 9.04 Å². The summed E-state index contributed by atoms with van der Waals surface area (Å²) in [7, 11) is -0.959. The summed E-state index contributed by atoms with van der Waals surface area (Å²) in [6, 6.07) is 0.875. The molecule has 50 valence electrons. The van der Waals surface area contributed by atoms with E-state index in [0.29, 0.717) is 6.42 Å². The molecule has 0 amide bonds. The van der Waals surface area contributed by atoms with Gasteiger partial charge >= 0.3 is 0 Å². The van der Waals surface area contributed by atoms with Crippen molar-refractivity contribution in [1.29, 1.82) is 0 Å². The Morgan fingerprint density at radius 2 is 2.00 bits per heavy atom. The SMILES string of the molecule is O[SiH2][SiH2]CCC(O)O. The fourth-order valence-electron chi connectivity index (χ4n) is 0.439. The molecule has 0 aliphatic heterocycles. The topological polar surface area (TPSA) is 60.7 Å². The quantitative estimate of drug-likeness (QED) is 0.233. The van der Waals surface area contributed by atoms with Crippen molar-refractivity contribution >= 4 is 18.3 Å². The molecule has 0 aromatic rings. The molecule has 3 N–H and O–H groups in total. The van der Waals surface area contributed by atoms with Crippen LogP contribution in [-0.4, -0.2) is 39.6 Å². The van der Waals surface area contributed by atoms with Gasteiger partial charge in [-0.3, -0.25) is 0 Å². The minimum absolute atomic E-state index is 0.247. The molecule has 0 aliphatic carbocycles. The molecule has 0 saturated carbocycles. The molecule has 0 radical (unpaired) electrons. The summed E-state index contributed by atoms with van der Waals surface area (Å²) in [6.45, 7) is 0. The number of rotatable bonds is 4. The number of hydrogen-bond donors (Lipinski definition) is 3. The van der Waals surface area contributed by atoms with Crippen LogP contribution in [0.25, 0.3) is 0 Å². The van der Waals surface area contributed by atoms with Crippen LogP contribution < -0.4 is 0 Å². The molecule has 0 fully saturated rings. The van der Waals surface area contributed by atoms with E-state index >= 15 is 0 Å². The maximum atomic E-state index is 8.42. The predicted molar refractivity (Wildman–Crippen MR) is 37.0 cm³/mol. The van der Waals surface area contributed by atoms with E-state index in [9.17, 15) is 0 Å². The highest BCUT2D eigenvalue weighted by atomic mass is 29.2. The van der Waals surface area contributed by atoms with Crippen molar-refractivity contribution in [2.75, 3.05) is 0 Å². The zero-order valence-corrected chi connectivity index (χ0v) is 7.58. The fraction of sp³-hybridized carbons (Fsp3) is 1.00. The molecule has 0 unspecified atom stereocenters. The third-order valence-corrected chi connectivity index (χ3v) is 4.54. The summed E-state index contributed by atoms with van der Waals surface area (Å²) in [5.41, 5.74) is 0. The van der Waals surface area contributed by atoms with Crippen LogP contribution in [-0.2, 0) is 0 Å². The molecule has 0 heterocycles. The molecule has 0 aromatic heterocycles. The molecule has 0 saturated heterocycles. The second-order valence-corrected chi connectivity index (χ2v) is 7.02. The van der Waals surface area contributed by atoms with Gasteiger partial charge in [-0.05, 0) is 6.42 Å². The second-order valence-electron chi connectivity index (χ2n) is 1.70. The monoisotopic (exact) mass is 152 g/mol. The van der Waals surface area contributed by atoms with Crippen LogP contribution >= 0.6 is 0 Å². The zero-order chi connectivity index (χ0) is 6.41. The molecule has 0 rings (SSSR count). The van der Waals surface area contributed by atoms with Gasteiger partial charge < -0.3 is 15.0 Å². The van der Waals surface area contributed by atoms with Crippen LogP contribution in [0.3, 0.4) is 0 Å². The van der Waals surface area contributed by atoms with Crippen molar-refractivity contribution in [2.24, 2.45) is 0 Å². The number of aliphatic hydroxyl groups excluding tert-OH is 1. The highest BCUT2D eigenvalue weighted by Crippen LogP contribution is 1.90. The van der Waals surface area contributed by atoms with Gasteiger partial charge in [0.2, 0.25) is 0 Å². The van der Waals surface area contributed by atoms with Crippen molar-refractivity contribution in [1.82, 2.24) is 0 Å². The van der Waals surface area contributed by atoms with Crippen LogP contribution in [0, 0.1) is 0 Å². The lowest BCUT2D eigenvalue weighted by Crippen LogP contribution is -2.08. The maximum absolute atomic E-state index is 8.42. The summed E-state index contributed by atoms with van der Waals surface area (Å²) in [6.07, 6.45) is -0.692. The summed E-state index contributed by atoms with van der Waals surface area (Å²) in [5.74, 6) is 0. The lowest BCUT2D eigenvalue weighted by Gasteiger charge is -1.98. The molecular weight excluding hydrogens is 140 g/mol. The highest BCUT2D eigenvalue weighted by molar-refractivity contribution is 6.96. The Hall–Kier alpha value is 0.314. The molecule has 3 nitrogen and oxygen atoms in total. The molecular formula is C3H12O3Si2. The Morgan fingerprint density at radius 3 is 2.38 bits per heavy atom.